The number of imidazole rings is 1. The lowest BCUT2D eigenvalue weighted by molar-refractivity contribution is 0.328. The van der Waals surface area contributed by atoms with Gasteiger partial charge in [0.05, 0.1) is 26.8 Å². The highest BCUT2D eigenvalue weighted by atomic mass is 35.5. The quantitative estimate of drug-likeness (QED) is 0.691. The van der Waals surface area contributed by atoms with Gasteiger partial charge in [-0.1, -0.05) is 35.3 Å². The number of halogens is 2. The smallest absolute Gasteiger partial charge is 0.318 e. The minimum absolute atomic E-state index is 0.216. The van der Waals surface area contributed by atoms with Gasteiger partial charge in [0.25, 0.3) is 0 Å². The molecule has 0 atom stereocenters. The van der Waals surface area contributed by atoms with Crippen molar-refractivity contribution >= 4 is 34.2 Å². The van der Waals surface area contributed by atoms with Gasteiger partial charge in [-0.3, -0.25) is 4.57 Å². The highest BCUT2D eigenvalue weighted by molar-refractivity contribution is 6.42. The predicted molar refractivity (Wildman–Crippen MR) is 104 cm³/mol. The molecule has 2 N–H and O–H groups in total. The summed E-state index contributed by atoms with van der Waals surface area (Å²) < 4.78 is 1.60. The molecular formula is C18H20Cl2N4O. The number of nitrogens with one attached hydrogen (secondary N) is 2. The van der Waals surface area contributed by atoms with Crippen LogP contribution in [0.1, 0.15) is 5.56 Å². The molecule has 0 bridgehead atoms. The molecule has 0 unspecified atom stereocenters. The van der Waals surface area contributed by atoms with Crippen molar-refractivity contribution in [3.05, 3.63) is 62.5 Å². The molecule has 0 saturated carbocycles. The Balaban J connectivity index is 1.90. The molecule has 0 aliphatic carbocycles. The molecule has 132 valence electrons. The highest BCUT2D eigenvalue weighted by Crippen LogP contribution is 2.27. The lowest BCUT2D eigenvalue weighted by atomic mass is 10.2. The molecule has 3 rings (SSSR count). The van der Waals surface area contributed by atoms with E-state index in [0.29, 0.717) is 21.1 Å². The molecule has 7 heteroatoms. The van der Waals surface area contributed by atoms with Crippen LogP contribution in [0.5, 0.6) is 0 Å². The molecule has 1 heterocycles. The summed E-state index contributed by atoms with van der Waals surface area (Å²) in [7, 11) is 4.03. The van der Waals surface area contributed by atoms with Gasteiger partial charge in [-0.05, 0) is 43.9 Å². The largest absolute Gasteiger partial charge is 0.331 e. The van der Waals surface area contributed by atoms with Crippen LogP contribution in [0, 0.1) is 0 Å². The number of hydrogen-bond donors (Lipinski definition) is 2. The molecule has 0 aliphatic rings. The number of H-pyrrole nitrogens is 1. The molecule has 5 nitrogen and oxygen atoms in total. The van der Waals surface area contributed by atoms with E-state index in [1.807, 2.05) is 31.3 Å². The van der Waals surface area contributed by atoms with Crippen molar-refractivity contribution in [2.45, 2.75) is 6.54 Å². The monoisotopic (exact) mass is 378 g/mol. The molecular weight excluding hydrogens is 359 g/mol. The number of aromatic amines is 1. The van der Waals surface area contributed by atoms with Crippen molar-refractivity contribution in [1.29, 1.82) is 0 Å². The number of rotatable bonds is 6. The summed E-state index contributed by atoms with van der Waals surface area (Å²) in [5, 5.41) is 3.98. The van der Waals surface area contributed by atoms with Crippen LogP contribution in [0.2, 0.25) is 10.0 Å². The van der Waals surface area contributed by atoms with E-state index in [1.54, 1.807) is 16.7 Å². The van der Waals surface area contributed by atoms with Crippen molar-refractivity contribution in [2.24, 2.45) is 0 Å². The molecule has 1 aromatic heterocycles. The zero-order chi connectivity index (χ0) is 18.0. The minimum atomic E-state index is -0.216. The van der Waals surface area contributed by atoms with Crippen LogP contribution in [0.25, 0.3) is 16.7 Å². The Morgan fingerprint density at radius 1 is 1.16 bits per heavy atom. The molecule has 0 aliphatic heterocycles. The highest BCUT2D eigenvalue weighted by Gasteiger charge is 2.11. The van der Waals surface area contributed by atoms with Gasteiger partial charge in [-0.25, -0.2) is 4.79 Å². The first kappa shape index (κ1) is 18.0. The number of aromatic nitrogens is 2. The minimum Gasteiger partial charge on any atom is -0.318 e. The second-order valence-corrected chi connectivity index (χ2v) is 6.87. The van der Waals surface area contributed by atoms with Crippen molar-refractivity contribution in [3.63, 3.8) is 0 Å². The fourth-order valence-electron chi connectivity index (χ4n) is 2.80. The maximum atomic E-state index is 12.3. The van der Waals surface area contributed by atoms with Gasteiger partial charge in [0.15, 0.2) is 0 Å². The Hall–Kier alpha value is -1.79. The van der Waals surface area contributed by atoms with Gasteiger partial charge in [-0.15, -0.1) is 0 Å². The van der Waals surface area contributed by atoms with E-state index in [1.165, 1.54) is 5.56 Å². The van der Waals surface area contributed by atoms with E-state index < -0.39 is 0 Å². The Morgan fingerprint density at radius 2 is 1.84 bits per heavy atom. The van der Waals surface area contributed by atoms with E-state index in [-0.39, 0.29) is 5.69 Å². The van der Waals surface area contributed by atoms with Crippen LogP contribution in [-0.2, 0) is 6.54 Å². The second-order valence-electron chi connectivity index (χ2n) is 6.06. The van der Waals surface area contributed by atoms with E-state index in [2.05, 4.69) is 22.2 Å². The SMILES string of the molecule is CNCCN(C)Cc1ccc(-n2c(=O)[nH]c3cc(Cl)c(Cl)cc32)cc1. The standard InChI is InChI=1S/C18H20Cl2N4O/c1-21-7-8-23(2)11-12-3-5-13(6-4-12)24-17-10-15(20)14(19)9-16(17)22-18(24)25/h3-6,9-10,21H,7-8,11H2,1-2H3,(H,22,25). The average Bonchev–Trinajstić information content (AvgIpc) is 2.89. The number of likely N-dealkylation sites (N-methyl/N-ethyl adjacent to an activating group) is 2. The first-order valence-corrected chi connectivity index (χ1v) is 8.77. The third kappa shape index (κ3) is 3.90. The summed E-state index contributed by atoms with van der Waals surface area (Å²) in [6.07, 6.45) is 0. The normalized spacial score (nSPS) is 11.6. The number of nitrogens with zero attached hydrogens (tertiary/aromatic N) is 2. The molecule has 0 amide bonds. The van der Waals surface area contributed by atoms with Crippen molar-refractivity contribution in [2.75, 3.05) is 27.2 Å². The van der Waals surface area contributed by atoms with E-state index in [0.717, 1.165) is 25.3 Å². The number of fused-ring (bicyclic) bond motifs is 1. The molecule has 0 fully saturated rings. The summed E-state index contributed by atoms with van der Waals surface area (Å²) >= 11 is 12.1. The van der Waals surface area contributed by atoms with Crippen LogP contribution < -0.4 is 11.0 Å². The zero-order valence-electron chi connectivity index (χ0n) is 14.1. The third-order valence-corrected chi connectivity index (χ3v) is 4.84. The van der Waals surface area contributed by atoms with E-state index in [4.69, 9.17) is 23.2 Å². The molecule has 0 saturated heterocycles. The van der Waals surface area contributed by atoms with Gasteiger partial charge in [-0.2, -0.15) is 0 Å². The average molecular weight is 379 g/mol. The molecule has 0 spiro atoms. The summed E-state index contributed by atoms with van der Waals surface area (Å²) in [6.45, 7) is 2.77. The summed E-state index contributed by atoms with van der Waals surface area (Å²) in [6, 6.07) is 11.3. The van der Waals surface area contributed by atoms with Gasteiger partial charge >= 0.3 is 5.69 Å². The Kier molecular flexibility index (Phi) is 5.49. The Morgan fingerprint density at radius 3 is 2.52 bits per heavy atom. The Labute approximate surface area is 156 Å². The van der Waals surface area contributed by atoms with Crippen molar-refractivity contribution in [1.82, 2.24) is 19.8 Å². The zero-order valence-corrected chi connectivity index (χ0v) is 15.7. The lowest BCUT2D eigenvalue weighted by Gasteiger charge is -2.16. The van der Waals surface area contributed by atoms with Gasteiger partial charge < -0.3 is 15.2 Å². The van der Waals surface area contributed by atoms with Gasteiger partial charge in [0.2, 0.25) is 0 Å². The number of hydrogen-bond acceptors (Lipinski definition) is 3. The maximum absolute atomic E-state index is 12.3. The number of benzene rings is 2. The van der Waals surface area contributed by atoms with Gasteiger partial charge in [0, 0.05) is 19.6 Å². The molecule has 0 radical (unpaired) electrons. The molecule has 2 aromatic carbocycles. The second kappa shape index (κ2) is 7.62. The fourth-order valence-corrected chi connectivity index (χ4v) is 3.12. The van der Waals surface area contributed by atoms with Gasteiger partial charge in [0.1, 0.15) is 0 Å². The first-order valence-electron chi connectivity index (χ1n) is 8.02. The maximum Gasteiger partial charge on any atom is 0.331 e. The van der Waals surface area contributed by atoms with Crippen molar-refractivity contribution < 1.29 is 0 Å². The van der Waals surface area contributed by atoms with Crippen LogP contribution in [-0.4, -0.2) is 41.6 Å². The van der Waals surface area contributed by atoms with Crippen LogP contribution in [0.3, 0.4) is 0 Å². The van der Waals surface area contributed by atoms with E-state index in [9.17, 15) is 4.79 Å². The van der Waals surface area contributed by atoms with Crippen LogP contribution in [0.4, 0.5) is 0 Å². The third-order valence-electron chi connectivity index (χ3n) is 4.11. The summed E-state index contributed by atoms with van der Waals surface area (Å²) in [5.41, 5.74) is 3.13. The topological polar surface area (TPSA) is 53.1 Å². The Bertz CT molecular complexity index is 931. The summed E-state index contributed by atoms with van der Waals surface area (Å²) in [5.74, 6) is 0. The predicted octanol–water partition coefficient (Wildman–Crippen LogP) is 3.28. The van der Waals surface area contributed by atoms with E-state index >= 15 is 0 Å². The van der Waals surface area contributed by atoms with Crippen LogP contribution in [0.15, 0.2) is 41.2 Å². The summed E-state index contributed by atoms with van der Waals surface area (Å²) in [4.78, 5) is 17.4. The fraction of sp³-hybridized carbons (Fsp3) is 0.278. The molecule has 25 heavy (non-hydrogen) atoms. The van der Waals surface area contributed by atoms with Crippen molar-refractivity contribution in [3.8, 4) is 5.69 Å². The van der Waals surface area contributed by atoms with Crippen LogP contribution >= 0.6 is 23.2 Å². The lowest BCUT2D eigenvalue weighted by Crippen LogP contribution is -2.26. The first-order chi connectivity index (χ1) is 12.0. The molecule has 3 aromatic rings.